The molecule has 6 nitrogen and oxygen atoms in total. The van der Waals surface area contributed by atoms with Gasteiger partial charge in [-0.1, -0.05) is 23.7 Å². The summed E-state index contributed by atoms with van der Waals surface area (Å²) in [5, 5.41) is 3.23. The van der Waals surface area contributed by atoms with E-state index in [-0.39, 0.29) is 5.69 Å². The van der Waals surface area contributed by atoms with E-state index in [4.69, 9.17) is 25.5 Å². The lowest BCUT2D eigenvalue weighted by molar-refractivity contribution is 0.102. The van der Waals surface area contributed by atoms with Gasteiger partial charge < -0.3 is 19.2 Å². The van der Waals surface area contributed by atoms with Gasteiger partial charge in [-0.05, 0) is 12.1 Å². The highest BCUT2D eigenvalue weighted by Gasteiger charge is 2.20. The van der Waals surface area contributed by atoms with Crippen molar-refractivity contribution >= 4 is 23.2 Å². The lowest BCUT2D eigenvalue weighted by Gasteiger charge is -2.09. The standard InChI is InChI=1S/C18H15ClN2O4/c1-23-12-7-11(8-13(9-12)24-2)21-18(22)16-17(25-10-20-16)14-5-3-4-6-15(14)19/h3-10H,1-2H3,(H,21,22). The summed E-state index contributed by atoms with van der Waals surface area (Å²) >= 11 is 6.18. The van der Waals surface area contributed by atoms with Crippen molar-refractivity contribution in [3.05, 3.63) is 59.6 Å². The molecule has 0 saturated carbocycles. The van der Waals surface area contributed by atoms with E-state index in [9.17, 15) is 4.79 Å². The smallest absolute Gasteiger partial charge is 0.278 e. The molecule has 3 aromatic rings. The number of carbonyl (C=O) groups is 1. The van der Waals surface area contributed by atoms with Crippen molar-refractivity contribution in [1.82, 2.24) is 4.98 Å². The van der Waals surface area contributed by atoms with Crippen LogP contribution in [0.3, 0.4) is 0 Å². The molecule has 0 aliphatic carbocycles. The summed E-state index contributed by atoms with van der Waals surface area (Å²) in [5.41, 5.74) is 1.24. The van der Waals surface area contributed by atoms with Crippen molar-refractivity contribution in [1.29, 1.82) is 0 Å². The van der Waals surface area contributed by atoms with Gasteiger partial charge in [-0.3, -0.25) is 4.79 Å². The second kappa shape index (κ2) is 7.27. The van der Waals surface area contributed by atoms with Crippen LogP contribution in [0.4, 0.5) is 5.69 Å². The minimum Gasteiger partial charge on any atom is -0.497 e. The number of anilines is 1. The molecule has 0 radical (unpaired) electrons. The van der Waals surface area contributed by atoms with Gasteiger partial charge in [0.15, 0.2) is 17.8 Å². The summed E-state index contributed by atoms with van der Waals surface area (Å²) < 4.78 is 15.8. The van der Waals surface area contributed by atoms with Crippen LogP contribution in [0.1, 0.15) is 10.5 Å². The second-order valence-electron chi connectivity index (χ2n) is 5.07. The first-order valence-corrected chi connectivity index (χ1v) is 7.73. The molecular formula is C18H15ClN2O4. The average Bonchev–Trinajstić information content (AvgIpc) is 3.11. The van der Waals surface area contributed by atoms with Crippen molar-refractivity contribution in [3.63, 3.8) is 0 Å². The highest BCUT2D eigenvalue weighted by molar-refractivity contribution is 6.33. The van der Waals surface area contributed by atoms with Gasteiger partial charge in [0.1, 0.15) is 11.5 Å². The van der Waals surface area contributed by atoms with Gasteiger partial charge >= 0.3 is 0 Å². The Hall–Kier alpha value is -2.99. The summed E-state index contributed by atoms with van der Waals surface area (Å²) in [6.45, 7) is 0. The fourth-order valence-corrected chi connectivity index (χ4v) is 2.54. The van der Waals surface area contributed by atoms with E-state index in [1.54, 1.807) is 42.5 Å². The molecule has 3 rings (SSSR count). The number of oxazole rings is 1. The Morgan fingerprint density at radius 2 is 1.80 bits per heavy atom. The Morgan fingerprint density at radius 1 is 1.12 bits per heavy atom. The molecule has 0 spiro atoms. The van der Waals surface area contributed by atoms with Crippen molar-refractivity contribution in [2.24, 2.45) is 0 Å². The third kappa shape index (κ3) is 3.59. The summed E-state index contributed by atoms with van der Waals surface area (Å²) in [4.78, 5) is 16.6. The summed E-state index contributed by atoms with van der Waals surface area (Å²) in [6.07, 6.45) is 1.21. The number of methoxy groups -OCH3 is 2. The van der Waals surface area contributed by atoms with E-state index in [2.05, 4.69) is 10.3 Å². The van der Waals surface area contributed by atoms with E-state index >= 15 is 0 Å². The predicted octanol–water partition coefficient (Wildman–Crippen LogP) is 4.26. The van der Waals surface area contributed by atoms with Gasteiger partial charge in [0, 0.05) is 29.4 Å². The van der Waals surface area contributed by atoms with Gasteiger partial charge in [0.25, 0.3) is 5.91 Å². The number of nitrogens with one attached hydrogen (secondary N) is 1. The number of carbonyl (C=O) groups excluding carboxylic acids is 1. The van der Waals surface area contributed by atoms with Crippen LogP contribution in [-0.4, -0.2) is 25.1 Å². The van der Waals surface area contributed by atoms with Gasteiger partial charge in [-0.25, -0.2) is 4.98 Å². The normalized spacial score (nSPS) is 10.4. The molecular weight excluding hydrogens is 344 g/mol. The lowest BCUT2D eigenvalue weighted by Crippen LogP contribution is -2.13. The molecule has 2 aromatic carbocycles. The van der Waals surface area contributed by atoms with E-state index in [1.165, 1.54) is 20.6 Å². The van der Waals surface area contributed by atoms with Crippen LogP contribution in [0, 0.1) is 0 Å². The zero-order valence-corrected chi connectivity index (χ0v) is 14.3. The molecule has 1 amide bonds. The largest absolute Gasteiger partial charge is 0.497 e. The maximum absolute atomic E-state index is 12.6. The van der Waals surface area contributed by atoms with Crippen LogP contribution in [0.25, 0.3) is 11.3 Å². The highest BCUT2D eigenvalue weighted by atomic mass is 35.5. The van der Waals surface area contributed by atoms with E-state index in [1.807, 2.05) is 0 Å². The minimum absolute atomic E-state index is 0.134. The van der Waals surface area contributed by atoms with Crippen molar-refractivity contribution in [3.8, 4) is 22.8 Å². The maximum Gasteiger partial charge on any atom is 0.278 e. The first-order valence-electron chi connectivity index (χ1n) is 7.35. The average molecular weight is 359 g/mol. The molecule has 0 aliphatic rings. The summed E-state index contributed by atoms with van der Waals surface area (Å²) in [7, 11) is 3.07. The number of aromatic nitrogens is 1. The Balaban J connectivity index is 1.91. The van der Waals surface area contributed by atoms with Crippen molar-refractivity contribution < 1.29 is 18.7 Å². The summed E-state index contributed by atoms with van der Waals surface area (Å²) in [6, 6.07) is 12.1. The first kappa shape index (κ1) is 16.9. The number of nitrogens with zero attached hydrogens (tertiary/aromatic N) is 1. The molecule has 128 valence electrons. The Labute approximate surface area is 149 Å². The molecule has 1 heterocycles. The molecule has 0 saturated heterocycles. The molecule has 1 aromatic heterocycles. The third-order valence-electron chi connectivity index (χ3n) is 3.51. The number of halogens is 1. The second-order valence-corrected chi connectivity index (χ2v) is 5.47. The van der Waals surface area contributed by atoms with Crippen LogP contribution in [0.5, 0.6) is 11.5 Å². The number of hydrogen-bond donors (Lipinski definition) is 1. The first-order chi connectivity index (χ1) is 12.1. The zero-order chi connectivity index (χ0) is 17.8. The zero-order valence-electron chi connectivity index (χ0n) is 13.6. The van der Waals surface area contributed by atoms with Gasteiger partial charge in [-0.2, -0.15) is 0 Å². The van der Waals surface area contributed by atoms with Crippen LogP contribution < -0.4 is 14.8 Å². The van der Waals surface area contributed by atoms with Gasteiger partial charge in [0.2, 0.25) is 0 Å². The predicted molar refractivity (Wildman–Crippen MR) is 94.4 cm³/mol. The third-order valence-corrected chi connectivity index (χ3v) is 3.84. The molecule has 0 atom stereocenters. The number of hydrogen-bond acceptors (Lipinski definition) is 5. The Morgan fingerprint density at radius 3 is 2.44 bits per heavy atom. The fourth-order valence-electron chi connectivity index (χ4n) is 2.31. The molecule has 7 heteroatoms. The van der Waals surface area contributed by atoms with E-state index in [0.29, 0.717) is 33.5 Å². The fraction of sp³-hybridized carbons (Fsp3) is 0.111. The number of rotatable bonds is 5. The lowest BCUT2D eigenvalue weighted by atomic mass is 10.1. The van der Waals surface area contributed by atoms with Crippen LogP contribution in [0.2, 0.25) is 5.02 Å². The molecule has 0 aliphatic heterocycles. The summed E-state index contributed by atoms with van der Waals surface area (Å²) in [5.74, 6) is 0.985. The van der Waals surface area contributed by atoms with Crippen LogP contribution >= 0.6 is 11.6 Å². The molecule has 1 N–H and O–H groups in total. The molecule has 0 unspecified atom stereocenters. The molecule has 0 fully saturated rings. The van der Waals surface area contributed by atoms with Gasteiger partial charge in [-0.15, -0.1) is 0 Å². The maximum atomic E-state index is 12.6. The molecule has 25 heavy (non-hydrogen) atoms. The number of ether oxygens (including phenoxy) is 2. The SMILES string of the molecule is COc1cc(NC(=O)c2ncoc2-c2ccccc2Cl)cc(OC)c1. The highest BCUT2D eigenvalue weighted by Crippen LogP contribution is 2.31. The van der Waals surface area contributed by atoms with Crippen LogP contribution in [-0.2, 0) is 0 Å². The Bertz CT molecular complexity index is 885. The Kier molecular flexibility index (Phi) is 4.90. The van der Waals surface area contributed by atoms with E-state index in [0.717, 1.165) is 0 Å². The quantitative estimate of drug-likeness (QED) is 0.737. The topological polar surface area (TPSA) is 73.6 Å². The minimum atomic E-state index is -0.432. The van der Waals surface area contributed by atoms with Crippen molar-refractivity contribution in [2.75, 3.05) is 19.5 Å². The van der Waals surface area contributed by atoms with Gasteiger partial charge in [0.05, 0.1) is 19.2 Å². The van der Waals surface area contributed by atoms with Crippen molar-refractivity contribution in [2.45, 2.75) is 0 Å². The number of amides is 1. The monoisotopic (exact) mass is 358 g/mol. The number of benzene rings is 2. The van der Waals surface area contributed by atoms with E-state index < -0.39 is 5.91 Å². The van der Waals surface area contributed by atoms with Crippen LogP contribution in [0.15, 0.2) is 53.3 Å². The molecule has 0 bridgehead atoms.